The van der Waals surface area contributed by atoms with Crippen molar-refractivity contribution in [2.45, 2.75) is 25.9 Å². The standard InChI is InChI=1S/C18H20F3N3O/c1-3-4-9-24(2)17(25)13-10-14(12-22-11-13)23-16-8-6-5-7-15(16)18(19,20)21/h5-8,10-12,23H,3-4,9H2,1-2H3. The molecule has 1 N–H and O–H groups in total. The summed E-state index contributed by atoms with van der Waals surface area (Å²) in [5.74, 6) is -0.214. The second-order valence-electron chi connectivity index (χ2n) is 5.71. The van der Waals surface area contributed by atoms with Gasteiger partial charge in [0.2, 0.25) is 0 Å². The van der Waals surface area contributed by atoms with E-state index in [-0.39, 0.29) is 11.6 Å². The van der Waals surface area contributed by atoms with Crippen LogP contribution in [-0.2, 0) is 6.18 Å². The predicted molar refractivity (Wildman–Crippen MR) is 90.8 cm³/mol. The van der Waals surface area contributed by atoms with Crippen molar-refractivity contribution in [1.82, 2.24) is 9.88 Å². The first-order valence-corrected chi connectivity index (χ1v) is 7.96. The Labute approximate surface area is 144 Å². The first-order valence-electron chi connectivity index (χ1n) is 7.96. The van der Waals surface area contributed by atoms with E-state index >= 15 is 0 Å². The van der Waals surface area contributed by atoms with Crippen molar-refractivity contribution in [2.75, 3.05) is 18.9 Å². The topological polar surface area (TPSA) is 45.2 Å². The van der Waals surface area contributed by atoms with Gasteiger partial charge in [0.1, 0.15) is 0 Å². The molecule has 4 nitrogen and oxygen atoms in total. The zero-order chi connectivity index (χ0) is 18.4. The van der Waals surface area contributed by atoms with E-state index in [0.717, 1.165) is 18.9 Å². The smallest absolute Gasteiger partial charge is 0.354 e. The van der Waals surface area contributed by atoms with Crippen LogP contribution in [0.5, 0.6) is 0 Å². The minimum atomic E-state index is -4.47. The molecule has 25 heavy (non-hydrogen) atoms. The van der Waals surface area contributed by atoms with Crippen LogP contribution in [0, 0.1) is 0 Å². The normalized spacial score (nSPS) is 11.2. The van der Waals surface area contributed by atoms with Gasteiger partial charge in [0.25, 0.3) is 5.91 Å². The average molecular weight is 351 g/mol. The van der Waals surface area contributed by atoms with Gasteiger partial charge in [-0.05, 0) is 24.6 Å². The number of rotatable bonds is 6. The molecule has 0 unspecified atom stereocenters. The highest BCUT2D eigenvalue weighted by Crippen LogP contribution is 2.35. The van der Waals surface area contributed by atoms with Crippen molar-refractivity contribution in [3.8, 4) is 0 Å². The number of hydrogen-bond acceptors (Lipinski definition) is 3. The molecule has 0 saturated heterocycles. The maximum Gasteiger partial charge on any atom is 0.418 e. The Bertz CT molecular complexity index is 732. The molecular weight excluding hydrogens is 331 g/mol. The zero-order valence-corrected chi connectivity index (χ0v) is 14.1. The van der Waals surface area contributed by atoms with Gasteiger partial charge in [-0.1, -0.05) is 25.5 Å². The molecule has 7 heteroatoms. The van der Waals surface area contributed by atoms with Gasteiger partial charge in [0.05, 0.1) is 28.7 Å². The number of anilines is 2. The zero-order valence-electron chi connectivity index (χ0n) is 14.1. The van der Waals surface area contributed by atoms with Gasteiger partial charge >= 0.3 is 6.18 Å². The van der Waals surface area contributed by atoms with Crippen LogP contribution in [0.4, 0.5) is 24.5 Å². The van der Waals surface area contributed by atoms with Crippen LogP contribution in [0.25, 0.3) is 0 Å². The van der Waals surface area contributed by atoms with Crippen LogP contribution in [0.1, 0.15) is 35.7 Å². The van der Waals surface area contributed by atoms with Crippen molar-refractivity contribution < 1.29 is 18.0 Å². The third-order valence-corrected chi connectivity index (χ3v) is 3.69. The summed E-state index contributed by atoms with van der Waals surface area (Å²) in [6, 6.07) is 6.69. The fourth-order valence-electron chi connectivity index (χ4n) is 2.34. The minimum absolute atomic E-state index is 0.0827. The summed E-state index contributed by atoms with van der Waals surface area (Å²) in [7, 11) is 1.69. The van der Waals surface area contributed by atoms with Crippen LogP contribution < -0.4 is 5.32 Å². The predicted octanol–water partition coefficient (Wildman–Crippen LogP) is 4.72. The molecule has 0 radical (unpaired) electrons. The molecule has 1 aromatic heterocycles. The molecule has 0 atom stereocenters. The molecule has 1 heterocycles. The molecule has 0 fully saturated rings. The lowest BCUT2D eigenvalue weighted by Gasteiger charge is -2.18. The maximum atomic E-state index is 13.1. The number of unbranched alkanes of at least 4 members (excludes halogenated alkanes) is 1. The highest BCUT2D eigenvalue weighted by atomic mass is 19.4. The number of aromatic nitrogens is 1. The number of nitrogens with zero attached hydrogens (tertiary/aromatic N) is 2. The summed E-state index contributed by atoms with van der Waals surface area (Å²) >= 11 is 0. The number of nitrogens with one attached hydrogen (secondary N) is 1. The van der Waals surface area contributed by atoms with Crippen molar-refractivity contribution in [2.24, 2.45) is 0 Å². The van der Waals surface area contributed by atoms with Crippen LogP contribution in [-0.4, -0.2) is 29.4 Å². The van der Waals surface area contributed by atoms with E-state index in [9.17, 15) is 18.0 Å². The summed E-state index contributed by atoms with van der Waals surface area (Å²) in [6.45, 7) is 2.65. The molecule has 0 spiro atoms. The Morgan fingerprint density at radius 3 is 2.64 bits per heavy atom. The summed E-state index contributed by atoms with van der Waals surface area (Å²) < 4.78 is 39.2. The number of pyridine rings is 1. The van der Waals surface area contributed by atoms with Gasteiger partial charge in [-0.2, -0.15) is 13.2 Å². The summed E-state index contributed by atoms with van der Waals surface area (Å²) in [6.07, 6.45) is 0.171. The second kappa shape index (κ2) is 8.00. The van der Waals surface area contributed by atoms with E-state index in [1.54, 1.807) is 11.9 Å². The van der Waals surface area contributed by atoms with Crippen LogP contribution in [0.2, 0.25) is 0 Å². The number of alkyl halides is 3. The van der Waals surface area contributed by atoms with Gasteiger partial charge in [0.15, 0.2) is 0 Å². The molecule has 2 rings (SSSR count). The van der Waals surface area contributed by atoms with Gasteiger partial charge in [0, 0.05) is 19.8 Å². The number of carbonyl (C=O) groups excluding carboxylic acids is 1. The molecule has 0 aliphatic heterocycles. The molecule has 0 saturated carbocycles. The van der Waals surface area contributed by atoms with Crippen molar-refractivity contribution in [3.05, 3.63) is 53.9 Å². The van der Waals surface area contributed by atoms with Gasteiger partial charge in [-0.25, -0.2) is 0 Å². The van der Waals surface area contributed by atoms with Gasteiger partial charge in [-0.15, -0.1) is 0 Å². The van der Waals surface area contributed by atoms with Crippen LogP contribution >= 0.6 is 0 Å². The number of carbonyl (C=O) groups is 1. The summed E-state index contributed by atoms with van der Waals surface area (Å²) in [5, 5.41) is 2.70. The number of hydrogen-bond donors (Lipinski definition) is 1. The highest BCUT2D eigenvalue weighted by molar-refractivity contribution is 5.94. The minimum Gasteiger partial charge on any atom is -0.354 e. The van der Waals surface area contributed by atoms with Crippen molar-refractivity contribution in [3.63, 3.8) is 0 Å². The fraction of sp³-hybridized carbons (Fsp3) is 0.333. The van der Waals surface area contributed by atoms with E-state index in [2.05, 4.69) is 10.3 Å². The molecule has 0 bridgehead atoms. The van der Waals surface area contributed by atoms with E-state index in [1.165, 1.54) is 36.7 Å². The van der Waals surface area contributed by atoms with Crippen LogP contribution in [0.15, 0.2) is 42.7 Å². The largest absolute Gasteiger partial charge is 0.418 e. The van der Waals surface area contributed by atoms with E-state index in [0.29, 0.717) is 17.8 Å². The van der Waals surface area contributed by atoms with E-state index in [4.69, 9.17) is 0 Å². The molecule has 1 aromatic carbocycles. The second-order valence-corrected chi connectivity index (χ2v) is 5.71. The third kappa shape index (κ3) is 4.95. The Morgan fingerprint density at radius 1 is 1.24 bits per heavy atom. The van der Waals surface area contributed by atoms with Crippen molar-refractivity contribution >= 4 is 17.3 Å². The summed E-state index contributed by atoms with van der Waals surface area (Å²) in [5.41, 5.74) is -0.202. The van der Waals surface area contributed by atoms with Gasteiger partial charge in [-0.3, -0.25) is 9.78 Å². The molecule has 1 amide bonds. The van der Waals surface area contributed by atoms with Crippen LogP contribution in [0.3, 0.4) is 0 Å². The molecule has 134 valence electrons. The lowest BCUT2D eigenvalue weighted by atomic mass is 10.1. The SMILES string of the molecule is CCCCN(C)C(=O)c1cncc(Nc2ccccc2C(F)(F)F)c1. The van der Waals surface area contributed by atoms with Gasteiger partial charge < -0.3 is 10.2 Å². The Balaban J connectivity index is 2.22. The van der Waals surface area contributed by atoms with Crippen molar-refractivity contribution in [1.29, 1.82) is 0 Å². The lowest BCUT2D eigenvalue weighted by molar-refractivity contribution is -0.136. The number of para-hydroxylation sites is 1. The van der Waals surface area contributed by atoms with E-state index < -0.39 is 11.7 Å². The lowest BCUT2D eigenvalue weighted by Crippen LogP contribution is -2.27. The first-order chi connectivity index (χ1) is 11.8. The Kier molecular flexibility index (Phi) is 6.01. The fourth-order valence-corrected chi connectivity index (χ4v) is 2.34. The van der Waals surface area contributed by atoms with E-state index in [1.807, 2.05) is 6.92 Å². The first kappa shape index (κ1) is 18.8. The molecular formula is C18H20F3N3O. The quantitative estimate of drug-likeness (QED) is 0.819. The molecule has 2 aromatic rings. The average Bonchev–Trinajstić information content (AvgIpc) is 2.58. The molecule has 0 aliphatic carbocycles. The Hall–Kier alpha value is -2.57. The summed E-state index contributed by atoms with van der Waals surface area (Å²) in [4.78, 5) is 17.9. The Morgan fingerprint density at radius 2 is 1.96 bits per heavy atom. The highest BCUT2D eigenvalue weighted by Gasteiger charge is 2.33. The number of amides is 1. The molecule has 0 aliphatic rings. The third-order valence-electron chi connectivity index (χ3n) is 3.69. The maximum absolute atomic E-state index is 13.1. The number of benzene rings is 1. The monoisotopic (exact) mass is 351 g/mol. The number of halogens is 3.